The number of urea groups is 1. The molecule has 0 aromatic heterocycles. The maximum absolute atomic E-state index is 13.4. The molecular weight excluding hydrogens is 270 g/mol. The molecule has 0 fully saturated rings. The molecule has 1 aromatic rings. The molecule has 0 aliphatic heterocycles. The van der Waals surface area contributed by atoms with Crippen LogP contribution in [0.1, 0.15) is 20.3 Å². The van der Waals surface area contributed by atoms with Gasteiger partial charge < -0.3 is 15.3 Å². The van der Waals surface area contributed by atoms with Crippen molar-refractivity contribution in [3.05, 3.63) is 29.8 Å². The van der Waals surface area contributed by atoms with Crippen molar-refractivity contribution in [1.82, 2.24) is 4.90 Å². The molecule has 0 radical (unpaired) electrons. The average molecular weight is 286 g/mol. The van der Waals surface area contributed by atoms with Gasteiger partial charge in [-0.3, -0.25) is 4.79 Å². The third-order valence-corrected chi connectivity index (χ3v) is 2.86. The maximum atomic E-state index is 13.4. The highest BCUT2D eigenvalue weighted by Gasteiger charge is 2.22. The number of carboxylic acid groups (broad SMARTS) is 1. The van der Waals surface area contributed by atoms with Crippen LogP contribution in [0.5, 0.6) is 0 Å². The number of aliphatic carboxylic acids is 1. The lowest BCUT2D eigenvalue weighted by Crippen LogP contribution is -2.44. The molecule has 0 saturated heterocycles. The van der Waals surface area contributed by atoms with Crippen LogP contribution in [0.4, 0.5) is 19.3 Å². The van der Waals surface area contributed by atoms with Crippen LogP contribution in [0.2, 0.25) is 0 Å². The Balaban J connectivity index is 2.90. The van der Waals surface area contributed by atoms with E-state index in [0.717, 1.165) is 23.1 Å². The summed E-state index contributed by atoms with van der Waals surface area (Å²) >= 11 is 0. The van der Waals surface area contributed by atoms with Gasteiger partial charge in [-0.2, -0.15) is 0 Å². The SMILES string of the molecule is CCC(C)N(CC(=O)O)C(=O)Nc1cc(F)ccc1F. The van der Waals surface area contributed by atoms with E-state index in [2.05, 4.69) is 5.32 Å². The van der Waals surface area contributed by atoms with E-state index in [-0.39, 0.29) is 11.7 Å². The van der Waals surface area contributed by atoms with Crippen LogP contribution >= 0.6 is 0 Å². The van der Waals surface area contributed by atoms with Gasteiger partial charge in [0.1, 0.15) is 18.2 Å². The summed E-state index contributed by atoms with van der Waals surface area (Å²) in [4.78, 5) is 23.8. The van der Waals surface area contributed by atoms with Gasteiger partial charge in [-0.25, -0.2) is 13.6 Å². The highest BCUT2D eigenvalue weighted by Crippen LogP contribution is 2.16. The number of anilines is 1. The molecule has 2 N–H and O–H groups in total. The van der Waals surface area contributed by atoms with E-state index in [1.165, 1.54) is 0 Å². The summed E-state index contributed by atoms with van der Waals surface area (Å²) in [6.45, 7) is 2.94. The van der Waals surface area contributed by atoms with Crippen molar-refractivity contribution in [3.8, 4) is 0 Å². The fourth-order valence-electron chi connectivity index (χ4n) is 1.57. The highest BCUT2D eigenvalue weighted by molar-refractivity contribution is 5.91. The van der Waals surface area contributed by atoms with E-state index in [0.29, 0.717) is 6.42 Å². The van der Waals surface area contributed by atoms with Gasteiger partial charge in [-0.15, -0.1) is 0 Å². The zero-order valence-electron chi connectivity index (χ0n) is 11.2. The lowest BCUT2D eigenvalue weighted by Gasteiger charge is -2.27. The molecule has 20 heavy (non-hydrogen) atoms. The van der Waals surface area contributed by atoms with Crippen LogP contribution in [0, 0.1) is 11.6 Å². The predicted molar refractivity (Wildman–Crippen MR) is 69.5 cm³/mol. The van der Waals surface area contributed by atoms with Crippen LogP contribution in [0.15, 0.2) is 18.2 Å². The van der Waals surface area contributed by atoms with Gasteiger partial charge in [0.15, 0.2) is 0 Å². The van der Waals surface area contributed by atoms with Gasteiger partial charge in [0.2, 0.25) is 0 Å². The number of benzene rings is 1. The van der Waals surface area contributed by atoms with Gasteiger partial charge in [-0.1, -0.05) is 6.92 Å². The van der Waals surface area contributed by atoms with Crippen molar-refractivity contribution in [1.29, 1.82) is 0 Å². The molecule has 7 heteroatoms. The second-order valence-corrected chi connectivity index (χ2v) is 4.33. The van der Waals surface area contributed by atoms with Gasteiger partial charge in [-0.05, 0) is 25.5 Å². The fourth-order valence-corrected chi connectivity index (χ4v) is 1.57. The minimum Gasteiger partial charge on any atom is -0.480 e. The van der Waals surface area contributed by atoms with Crippen molar-refractivity contribution >= 4 is 17.7 Å². The van der Waals surface area contributed by atoms with E-state index in [9.17, 15) is 18.4 Å². The molecule has 1 unspecified atom stereocenters. The summed E-state index contributed by atoms with van der Waals surface area (Å²) in [7, 11) is 0. The first-order chi connectivity index (χ1) is 9.35. The Morgan fingerprint density at radius 2 is 2.05 bits per heavy atom. The number of carboxylic acids is 1. The van der Waals surface area contributed by atoms with Crippen molar-refractivity contribution in [2.24, 2.45) is 0 Å². The molecule has 1 rings (SSSR count). The van der Waals surface area contributed by atoms with Gasteiger partial charge in [0.05, 0.1) is 5.69 Å². The predicted octanol–water partition coefficient (Wildman–Crippen LogP) is 2.68. The van der Waals surface area contributed by atoms with E-state index >= 15 is 0 Å². The lowest BCUT2D eigenvalue weighted by molar-refractivity contribution is -0.138. The Kier molecular flexibility index (Phi) is 5.42. The highest BCUT2D eigenvalue weighted by atomic mass is 19.1. The first-order valence-electron chi connectivity index (χ1n) is 6.09. The van der Waals surface area contributed by atoms with Crippen molar-refractivity contribution in [2.75, 3.05) is 11.9 Å². The normalized spacial score (nSPS) is 11.8. The second-order valence-electron chi connectivity index (χ2n) is 4.33. The van der Waals surface area contributed by atoms with Gasteiger partial charge in [0, 0.05) is 12.1 Å². The Morgan fingerprint density at radius 1 is 1.40 bits per heavy atom. The van der Waals surface area contributed by atoms with Crippen LogP contribution in [-0.4, -0.2) is 34.6 Å². The van der Waals surface area contributed by atoms with Crippen LogP contribution < -0.4 is 5.32 Å². The minimum absolute atomic E-state index is 0.325. The molecular formula is C13H16F2N2O3. The number of hydrogen-bond acceptors (Lipinski definition) is 2. The number of carbonyl (C=O) groups is 2. The van der Waals surface area contributed by atoms with E-state index in [1.807, 2.05) is 0 Å². The van der Waals surface area contributed by atoms with E-state index in [4.69, 9.17) is 5.11 Å². The molecule has 110 valence electrons. The van der Waals surface area contributed by atoms with Crippen LogP contribution in [0.3, 0.4) is 0 Å². The Morgan fingerprint density at radius 3 is 2.60 bits per heavy atom. The molecule has 1 aromatic carbocycles. The number of halogens is 2. The van der Waals surface area contributed by atoms with Crippen molar-refractivity contribution in [3.63, 3.8) is 0 Å². The van der Waals surface area contributed by atoms with Crippen molar-refractivity contribution in [2.45, 2.75) is 26.3 Å². The van der Waals surface area contributed by atoms with Gasteiger partial charge in [0.25, 0.3) is 0 Å². The maximum Gasteiger partial charge on any atom is 0.323 e. The smallest absolute Gasteiger partial charge is 0.323 e. The Labute approximate surface area is 115 Å². The summed E-state index contributed by atoms with van der Waals surface area (Å²) in [5.41, 5.74) is -0.325. The van der Waals surface area contributed by atoms with Crippen molar-refractivity contribution < 1.29 is 23.5 Å². The summed E-state index contributed by atoms with van der Waals surface area (Å²) in [5, 5.41) is 11.0. The van der Waals surface area contributed by atoms with E-state index in [1.54, 1.807) is 13.8 Å². The monoisotopic (exact) mass is 286 g/mol. The molecule has 5 nitrogen and oxygen atoms in total. The molecule has 0 aliphatic carbocycles. The third-order valence-electron chi connectivity index (χ3n) is 2.86. The number of carbonyl (C=O) groups excluding carboxylic acids is 1. The number of amides is 2. The Bertz CT molecular complexity index is 508. The Hall–Kier alpha value is -2.18. The molecule has 0 aliphatic rings. The minimum atomic E-state index is -1.18. The summed E-state index contributed by atoms with van der Waals surface area (Å²) in [6, 6.07) is 1.52. The molecule has 0 heterocycles. The zero-order chi connectivity index (χ0) is 15.3. The summed E-state index contributed by atoms with van der Waals surface area (Å²) in [6.07, 6.45) is 0.534. The number of hydrogen-bond donors (Lipinski definition) is 2. The molecule has 0 bridgehead atoms. The number of rotatable bonds is 5. The first-order valence-corrected chi connectivity index (χ1v) is 6.09. The quantitative estimate of drug-likeness (QED) is 0.874. The molecule has 0 spiro atoms. The summed E-state index contributed by atoms with van der Waals surface area (Å²) in [5.74, 6) is -2.67. The molecule has 1 atom stereocenters. The standard InChI is InChI=1S/C13H16F2N2O3/c1-3-8(2)17(7-12(18)19)13(20)16-11-6-9(14)4-5-10(11)15/h4-6,8H,3,7H2,1-2H3,(H,16,20)(H,18,19). The topological polar surface area (TPSA) is 69.6 Å². The van der Waals surface area contributed by atoms with E-state index < -0.39 is 30.2 Å². The number of nitrogens with zero attached hydrogens (tertiary/aromatic N) is 1. The second kappa shape index (κ2) is 6.83. The third kappa shape index (κ3) is 4.18. The van der Waals surface area contributed by atoms with Crippen LogP contribution in [0.25, 0.3) is 0 Å². The van der Waals surface area contributed by atoms with Crippen LogP contribution in [-0.2, 0) is 4.79 Å². The molecule has 2 amide bonds. The largest absolute Gasteiger partial charge is 0.480 e. The average Bonchev–Trinajstić information content (AvgIpc) is 2.39. The van der Waals surface area contributed by atoms with Gasteiger partial charge >= 0.3 is 12.0 Å². The zero-order valence-corrected chi connectivity index (χ0v) is 11.2. The lowest BCUT2D eigenvalue weighted by atomic mass is 10.2. The first kappa shape index (κ1) is 15.9. The molecule has 0 saturated carbocycles. The number of nitrogens with one attached hydrogen (secondary N) is 1. The fraction of sp³-hybridized carbons (Fsp3) is 0.385. The summed E-state index contributed by atoms with van der Waals surface area (Å²) < 4.78 is 26.4.